The second kappa shape index (κ2) is 14.4. The third-order valence-electron chi connectivity index (χ3n) is 7.75. The fraction of sp³-hybridized carbons (Fsp3) is 0.514. The number of hydrogen-bond donors (Lipinski definition) is 0. The van der Waals surface area contributed by atoms with E-state index in [1.54, 1.807) is 0 Å². The second-order valence-corrected chi connectivity index (χ2v) is 16.0. The lowest BCUT2D eigenvalue weighted by Crippen LogP contribution is -2.27. The van der Waals surface area contributed by atoms with Crippen molar-refractivity contribution in [2.45, 2.75) is 84.2 Å². The van der Waals surface area contributed by atoms with Crippen molar-refractivity contribution in [3.8, 4) is 18.1 Å². The predicted octanol–water partition coefficient (Wildman–Crippen LogP) is 8.64. The maximum atomic E-state index is 6.54. The highest BCUT2D eigenvalue weighted by Gasteiger charge is 2.31. The Balaban J connectivity index is 1.50. The number of nitrogens with zero attached hydrogens (tertiary/aromatic N) is 1. The normalized spacial score (nSPS) is 17.5. The van der Waals surface area contributed by atoms with Gasteiger partial charge in [0.05, 0.1) is 18.6 Å². The monoisotopic (exact) mass is 563 g/mol. The maximum Gasteiger partial charge on any atom is 0.135 e. The summed E-state index contributed by atoms with van der Waals surface area (Å²) in [7, 11) is -1.30. The molecule has 1 aliphatic rings. The van der Waals surface area contributed by atoms with Crippen LogP contribution < -0.4 is 4.18 Å². The summed E-state index contributed by atoms with van der Waals surface area (Å²) in [4.78, 5) is 5.02. The molecule has 1 aliphatic heterocycles. The Morgan fingerprint density at radius 3 is 2.48 bits per heavy atom. The van der Waals surface area contributed by atoms with Crippen LogP contribution in [-0.4, -0.2) is 42.3 Å². The van der Waals surface area contributed by atoms with Crippen LogP contribution in [0.25, 0.3) is 0 Å². The molecule has 0 spiro atoms. The largest absolute Gasteiger partial charge is 0.449 e. The molecule has 40 heavy (non-hydrogen) atoms. The zero-order valence-corrected chi connectivity index (χ0v) is 26.6. The minimum atomic E-state index is -1.30. The van der Waals surface area contributed by atoms with Gasteiger partial charge in [0, 0.05) is 35.3 Å². The van der Waals surface area contributed by atoms with Crippen molar-refractivity contribution >= 4 is 16.0 Å². The molecule has 3 atom stereocenters. The first kappa shape index (κ1) is 32.0. The van der Waals surface area contributed by atoms with Crippen LogP contribution in [-0.2, 0) is 16.1 Å². The summed E-state index contributed by atoms with van der Waals surface area (Å²) in [5.74, 6) is 3.96. The number of rotatable bonds is 14. The number of terminal acetylenes is 1. The standard InChI is InChI=1S/C35H49NO3S/c1-10-32(33-24-31(19-18-26(33)2)39-40(8,9)35(5,6)7)34-27(3)23-30(36-34)17-14-21-37-22-20-28(4)38-25-29-15-12-11-13-16-29/h1,11-13,15-16,18-19,23-24,27-28,32H,14,17,20-22,25H2,2-9H3/t27?,28-,32?/m1/s1. The van der Waals surface area contributed by atoms with Crippen LogP contribution in [0.2, 0.25) is 0 Å². The summed E-state index contributed by atoms with van der Waals surface area (Å²) < 4.78 is 18.4. The Labute approximate surface area is 245 Å². The first-order chi connectivity index (χ1) is 18.9. The van der Waals surface area contributed by atoms with Gasteiger partial charge in [-0.05, 0) is 95.2 Å². The van der Waals surface area contributed by atoms with E-state index in [1.807, 2.05) is 18.2 Å². The molecule has 0 aliphatic carbocycles. The summed E-state index contributed by atoms with van der Waals surface area (Å²) >= 11 is 0. The molecule has 2 aromatic rings. The Morgan fingerprint density at radius 1 is 1.07 bits per heavy atom. The molecule has 0 radical (unpaired) electrons. The Hall–Kier alpha value is -2.52. The van der Waals surface area contributed by atoms with Crippen LogP contribution in [0.15, 0.2) is 65.3 Å². The van der Waals surface area contributed by atoms with Gasteiger partial charge >= 0.3 is 0 Å². The van der Waals surface area contributed by atoms with Gasteiger partial charge in [-0.15, -0.1) is 6.42 Å². The van der Waals surface area contributed by atoms with Crippen LogP contribution in [0.4, 0.5) is 0 Å². The van der Waals surface area contributed by atoms with E-state index in [0.717, 1.165) is 47.5 Å². The molecule has 0 fully saturated rings. The van der Waals surface area contributed by atoms with Crippen LogP contribution >= 0.6 is 10.3 Å². The number of ether oxygens (including phenoxy) is 2. The van der Waals surface area contributed by atoms with E-state index in [2.05, 4.69) is 96.4 Å². The summed E-state index contributed by atoms with van der Waals surface area (Å²) in [6, 6.07) is 16.6. The average Bonchev–Trinajstić information content (AvgIpc) is 3.26. The minimum absolute atomic E-state index is 0.0740. The van der Waals surface area contributed by atoms with Gasteiger partial charge in [0.25, 0.3) is 0 Å². The molecule has 2 aromatic carbocycles. The third-order valence-corrected chi connectivity index (χ3v) is 11.3. The zero-order chi connectivity index (χ0) is 29.3. The number of hydrogen-bond acceptors (Lipinski definition) is 4. The molecule has 1 heterocycles. The number of aliphatic imine (C=N–C) groups is 1. The number of benzene rings is 2. The molecule has 0 aromatic heterocycles. The molecule has 0 bridgehead atoms. The zero-order valence-electron chi connectivity index (χ0n) is 25.8. The van der Waals surface area contributed by atoms with Crippen molar-refractivity contribution in [1.82, 2.24) is 0 Å². The molecule has 0 saturated heterocycles. The predicted molar refractivity (Wildman–Crippen MR) is 173 cm³/mol. The van der Waals surface area contributed by atoms with E-state index in [-0.39, 0.29) is 22.7 Å². The topological polar surface area (TPSA) is 40.0 Å². The average molecular weight is 564 g/mol. The molecule has 0 saturated carbocycles. The van der Waals surface area contributed by atoms with Crippen molar-refractivity contribution in [3.63, 3.8) is 0 Å². The van der Waals surface area contributed by atoms with Crippen LogP contribution in [0.3, 0.4) is 0 Å². The first-order valence-electron chi connectivity index (χ1n) is 14.4. The van der Waals surface area contributed by atoms with Gasteiger partial charge < -0.3 is 13.7 Å². The molecular formula is C35H49NO3S. The van der Waals surface area contributed by atoms with Crippen molar-refractivity contribution in [3.05, 3.63) is 77.0 Å². The molecule has 2 unspecified atom stereocenters. The summed E-state index contributed by atoms with van der Waals surface area (Å²) in [6.07, 6.45) is 15.7. The van der Waals surface area contributed by atoms with E-state index in [0.29, 0.717) is 19.8 Å². The van der Waals surface area contributed by atoms with Gasteiger partial charge in [0.2, 0.25) is 0 Å². The highest BCUT2D eigenvalue weighted by molar-refractivity contribution is 8.30. The number of allylic oxidation sites excluding steroid dienone is 2. The van der Waals surface area contributed by atoms with Gasteiger partial charge in [-0.2, -0.15) is 0 Å². The first-order valence-corrected chi connectivity index (χ1v) is 16.8. The van der Waals surface area contributed by atoms with Crippen LogP contribution in [0.1, 0.15) is 76.5 Å². The van der Waals surface area contributed by atoms with Crippen molar-refractivity contribution in [2.75, 3.05) is 25.7 Å². The molecule has 3 rings (SSSR count). The minimum Gasteiger partial charge on any atom is -0.449 e. The highest BCUT2D eigenvalue weighted by Crippen LogP contribution is 2.53. The summed E-state index contributed by atoms with van der Waals surface area (Å²) in [5, 5.41) is 0. The van der Waals surface area contributed by atoms with Gasteiger partial charge in [0.15, 0.2) is 0 Å². The lowest BCUT2D eigenvalue weighted by Gasteiger charge is -2.43. The van der Waals surface area contributed by atoms with Gasteiger partial charge in [-0.25, -0.2) is 0 Å². The quantitative estimate of drug-likeness (QED) is 0.171. The van der Waals surface area contributed by atoms with Gasteiger partial charge in [-0.1, -0.05) is 65.6 Å². The van der Waals surface area contributed by atoms with Crippen LogP contribution in [0.5, 0.6) is 5.75 Å². The summed E-state index contributed by atoms with van der Waals surface area (Å²) in [5.41, 5.74) is 5.62. The molecule has 218 valence electrons. The van der Waals surface area contributed by atoms with Crippen molar-refractivity contribution in [1.29, 1.82) is 0 Å². The van der Waals surface area contributed by atoms with Crippen LogP contribution in [0, 0.1) is 25.2 Å². The molecule has 0 amide bonds. The lowest BCUT2D eigenvalue weighted by molar-refractivity contribution is 0.0218. The third kappa shape index (κ3) is 8.99. The highest BCUT2D eigenvalue weighted by atomic mass is 32.3. The molecule has 0 N–H and O–H groups in total. The smallest absolute Gasteiger partial charge is 0.135 e. The second-order valence-electron chi connectivity index (χ2n) is 12.1. The number of aryl methyl sites for hydroxylation is 1. The van der Waals surface area contributed by atoms with E-state index in [9.17, 15) is 0 Å². The van der Waals surface area contributed by atoms with E-state index >= 15 is 0 Å². The maximum absolute atomic E-state index is 6.54. The van der Waals surface area contributed by atoms with Gasteiger partial charge in [0.1, 0.15) is 5.75 Å². The summed E-state index contributed by atoms with van der Waals surface area (Å²) in [6.45, 7) is 15.2. The fourth-order valence-corrected chi connectivity index (χ4v) is 5.26. The fourth-order valence-electron chi connectivity index (χ4n) is 4.43. The Kier molecular flexibility index (Phi) is 11.5. The van der Waals surface area contributed by atoms with E-state index < -0.39 is 10.3 Å². The molecule has 4 nitrogen and oxygen atoms in total. The Bertz CT molecular complexity index is 1200. The van der Waals surface area contributed by atoms with Gasteiger partial charge in [-0.3, -0.25) is 4.99 Å². The molecular weight excluding hydrogens is 514 g/mol. The SMILES string of the molecule is C#CC(C1=NC(CCCOCC[C@@H](C)OCc2ccccc2)=CC1C)c1cc(OS(C)(C)C(C)(C)C)ccc1C. The van der Waals surface area contributed by atoms with Crippen molar-refractivity contribution < 1.29 is 13.7 Å². The lowest BCUT2D eigenvalue weighted by atomic mass is 9.86. The Morgan fingerprint density at radius 2 is 1.80 bits per heavy atom. The van der Waals surface area contributed by atoms with E-state index in [1.165, 1.54) is 5.56 Å². The molecule has 5 heteroatoms. The van der Waals surface area contributed by atoms with Crippen molar-refractivity contribution in [2.24, 2.45) is 10.9 Å². The van der Waals surface area contributed by atoms with E-state index in [4.69, 9.17) is 25.1 Å².